The highest BCUT2D eigenvalue weighted by molar-refractivity contribution is 7.91. The summed E-state index contributed by atoms with van der Waals surface area (Å²) in [6.07, 6.45) is 3.34. The fraction of sp³-hybridized carbons (Fsp3) is 0.375. The smallest absolute Gasteiger partial charge is 0.269 e. The maximum atomic E-state index is 13.6. The van der Waals surface area contributed by atoms with Crippen LogP contribution >= 0.6 is 0 Å². The number of hydrogen-bond donors (Lipinski definition) is 0. The quantitative estimate of drug-likeness (QED) is 0.233. The predicted molar refractivity (Wildman–Crippen MR) is 133 cm³/mol. The molecule has 1 unspecified atom stereocenters. The Kier molecular flexibility index (Phi) is 10.1. The monoisotopic (exact) mass is 495 g/mol. The van der Waals surface area contributed by atoms with Crippen molar-refractivity contribution in [2.24, 2.45) is 5.41 Å². The molecule has 0 aliphatic heterocycles. The molecule has 1 atom stereocenters. The molecule has 35 heavy (non-hydrogen) atoms. The maximum Gasteiger partial charge on any atom is 0.269 e. The Balaban J connectivity index is 2.59. The molecule has 0 aliphatic carbocycles. The van der Waals surface area contributed by atoms with Crippen molar-refractivity contribution in [3.05, 3.63) is 59.7 Å². The van der Waals surface area contributed by atoms with Crippen LogP contribution in [0.4, 0.5) is 15.3 Å². The molecule has 2 rings (SSSR count). The normalized spacial score (nSPS) is 12.9. The molecule has 0 bridgehead atoms. The van der Waals surface area contributed by atoms with Crippen LogP contribution in [-0.4, -0.2) is 47.9 Å². The molecule has 0 fully saturated rings. The van der Waals surface area contributed by atoms with Gasteiger partial charge in [0.05, 0.1) is 10.6 Å². The molecule has 0 aliphatic rings. The van der Waals surface area contributed by atoms with Gasteiger partial charge in [0.25, 0.3) is 11.7 Å². The zero-order valence-electron chi connectivity index (χ0n) is 19.8. The number of nitrogens with zero attached hydrogens (tertiary/aromatic N) is 1. The average molecular weight is 495 g/mol. The van der Waals surface area contributed by atoms with Crippen molar-refractivity contribution in [2.75, 3.05) is 11.0 Å². The van der Waals surface area contributed by atoms with Gasteiger partial charge in [0.2, 0.25) is 15.7 Å². The fourth-order valence-corrected chi connectivity index (χ4v) is 5.87. The van der Waals surface area contributed by atoms with Crippen molar-refractivity contribution in [1.29, 1.82) is 0 Å². The molecule has 8 nitrogen and oxygen atoms in total. The van der Waals surface area contributed by atoms with Crippen molar-refractivity contribution < 1.29 is 32.5 Å². The molecule has 0 heterocycles. The predicted octanol–water partition coefficient (Wildman–Crippen LogP) is 4.08. The van der Waals surface area contributed by atoms with E-state index in [4.69, 9.17) is 25.4 Å². The summed E-state index contributed by atoms with van der Waals surface area (Å²) in [4.78, 5) is 43.9. The first-order chi connectivity index (χ1) is 16.6. The second-order valence-electron chi connectivity index (χ2n) is 8.23. The number of anilines is 1. The van der Waals surface area contributed by atoms with Crippen LogP contribution in [0.2, 0.25) is 0 Å². The van der Waals surface area contributed by atoms with E-state index in [9.17, 15) is 22.8 Å². The van der Waals surface area contributed by atoms with Crippen LogP contribution < -0.4 is 5.23 Å². The number of benzene rings is 2. The maximum absolute atomic E-state index is 13.6. The first-order valence-corrected chi connectivity index (χ1v) is 12.8. The Morgan fingerprint density at radius 3 is 2.17 bits per heavy atom. The lowest BCUT2D eigenvalue weighted by atomic mass is 9.84. The van der Waals surface area contributed by atoms with Gasteiger partial charge in [-0.05, 0) is 53.8 Å². The van der Waals surface area contributed by atoms with Gasteiger partial charge in [-0.3, -0.25) is 9.59 Å². The number of hydrogen-bond acceptors (Lipinski definition) is 8. The first kappa shape index (κ1) is 28.2. The van der Waals surface area contributed by atoms with Crippen molar-refractivity contribution in [3.63, 3.8) is 0 Å². The van der Waals surface area contributed by atoms with Gasteiger partial charge in [-0.15, -0.1) is 0 Å². The van der Waals surface area contributed by atoms with Crippen molar-refractivity contribution >= 4 is 49.2 Å². The second-order valence-corrected chi connectivity index (χ2v) is 10.2. The Labute approximate surface area is 208 Å². The van der Waals surface area contributed by atoms with Crippen LogP contribution in [0.5, 0.6) is 0 Å². The molecule has 0 aromatic heterocycles. The third-order valence-corrected chi connectivity index (χ3v) is 7.66. The lowest BCUT2D eigenvalue weighted by molar-refractivity contribution is -0.115. The van der Waals surface area contributed by atoms with Crippen LogP contribution in [-0.2, 0) is 30.7 Å². The summed E-state index contributed by atoms with van der Waals surface area (Å²) in [5.74, 6) is -2.90. The summed E-state index contributed by atoms with van der Waals surface area (Å²) in [5, 5.41) is 0.415. The lowest BCUT2D eigenvalue weighted by Gasteiger charge is -2.27. The summed E-state index contributed by atoms with van der Waals surface area (Å²) in [5.41, 5.74) is 0.150. The summed E-state index contributed by atoms with van der Waals surface area (Å²) >= 11 is 0. The highest BCUT2D eigenvalue weighted by Gasteiger charge is 2.35. The van der Waals surface area contributed by atoms with E-state index in [2.05, 4.69) is 0 Å². The van der Waals surface area contributed by atoms with E-state index in [1.807, 2.05) is 37.3 Å². The average Bonchev–Trinajstić information content (AvgIpc) is 2.81. The summed E-state index contributed by atoms with van der Waals surface area (Å²) < 4.78 is 27.2. The Morgan fingerprint density at radius 1 is 1.03 bits per heavy atom. The van der Waals surface area contributed by atoms with Crippen LogP contribution in [0.25, 0.3) is 0 Å². The fourth-order valence-electron chi connectivity index (χ4n) is 3.74. The standard InChI is InChI=1S/C24H27B2NO7S/c1-3-5-13-24(4-2,16-28)17-35(31,32)21-12-11-20(27(33-22(25)29)34-23(26)30)15-19(21)14-18-9-7-6-8-10-18/h6-12,15-16H,3-5,13-14,17H2,1-2H3. The summed E-state index contributed by atoms with van der Waals surface area (Å²) in [7, 11) is 6.16. The van der Waals surface area contributed by atoms with E-state index in [1.54, 1.807) is 6.92 Å². The van der Waals surface area contributed by atoms with Crippen LogP contribution in [0.1, 0.15) is 50.7 Å². The van der Waals surface area contributed by atoms with E-state index >= 15 is 0 Å². The molecule has 2 aromatic carbocycles. The Morgan fingerprint density at radius 2 is 1.66 bits per heavy atom. The summed E-state index contributed by atoms with van der Waals surface area (Å²) in [6.45, 7) is 3.78. The van der Waals surface area contributed by atoms with Crippen molar-refractivity contribution in [3.8, 4) is 0 Å². The number of sulfone groups is 1. The van der Waals surface area contributed by atoms with Gasteiger partial charge in [0.1, 0.15) is 12.0 Å². The minimum Gasteiger partial charge on any atom is -0.320 e. The largest absolute Gasteiger partial charge is 0.320 e. The van der Waals surface area contributed by atoms with Crippen molar-refractivity contribution in [1.82, 2.24) is 0 Å². The number of aldehydes is 1. The SMILES string of the molecule is [B]C(=O)ON(OC([B])=O)c1ccc(S(=O)(=O)CC(C=O)(CC)CCCC)c(Cc2ccccc2)c1. The first-order valence-electron chi connectivity index (χ1n) is 11.2. The number of carbonyl (C=O) groups excluding carboxylic acids is 3. The van der Waals surface area contributed by atoms with Gasteiger partial charge in [-0.25, -0.2) is 8.42 Å². The van der Waals surface area contributed by atoms with E-state index < -0.39 is 27.0 Å². The molecule has 2 aromatic rings. The third-order valence-electron chi connectivity index (χ3n) is 5.63. The minimum absolute atomic E-state index is 0.00982. The van der Waals surface area contributed by atoms with Gasteiger partial charge in [-0.2, -0.15) is 0 Å². The van der Waals surface area contributed by atoms with E-state index in [0.29, 0.717) is 23.6 Å². The van der Waals surface area contributed by atoms with Gasteiger partial charge in [-0.1, -0.05) is 57.0 Å². The van der Waals surface area contributed by atoms with E-state index in [0.717, 1.165) is 24.7 Å². The molecular formula is C24H27B2NO7S. The molecule has 0 amide bonds. The second kappa shape index (κ2) is 12.6. The Hall–Kier alpha value is -3.07. The zero-order chi connectivity index (χ0) is 26.1. The van der Waals surface area contributed by atoms with Crippen LogP contribution in [0.15, 0.2) is 53.4 Å². The number of rotatable bonds is 13. The molecule has 0 saturated heterocycles. The molecule has 4 radical (unpaired) electrons. The zero-order valence-corrected chi connectivity index (χ0v) is 20.6. The highest BCUT2D eigenvalue weighted by Crippen LogP contribution is 2.34. The van der Waals surface area contributed by atoms with Gasteiger partial charge in [0, 0.05) is 5.41 Å². The third kappa shape index (κ3) is 7.99. The molecule has 0 saturated carbocycles. The molecular weight excluding hydrogens is 468 g/mol. The number of unbranched alkanes of at least 4 members (excludes halogenated alkanes) is 1. The minimum atomic E-state index is -3.93. The van der Waals surface area contributed by atoms with Gasteiger partial charge < -0.3 is 14.5 Å². The van der Waals surface area contributed by atoms with E-state index in [1.165, 1.54) is 18.2 Å². The lowest BCUT2D eigenvalue weighted by Crippen LogP contribution is -2.32. The number of carbonyl (C=O) groups is 3. The molecule has 11 heteroatoms. The molecule has 0 N–H and O–H groups in total. The van der Waals surface area contributed by atoms with Crippen LogP contribution in [0.3, 0.4) is 0 Å². The topological polar surface area (TPSA) is 107 Å². The van der Waals surface area contributed by atoms with Gasteiger partial charge in [0.15, 0.2) is 9.84 Å². The summed E-state index contributed by atoms with van der Waals surface area (Å²) in [6, 6.07) is 13.1. The van der Waals surface area contributed by atoms with Gasteiger partial charge >= 0.3 is 0 Å². The molecule has 182 valence electrons. The Bertz CT molecular complexity index is 1130. The molecule has 0 spiro atoms. The highest BCUT2D eigenvalue weighted by atomic mass is 32.2. The van der Waals surface area contributed by atoms with Crippen molar-refractivity contribution in [2.45, 2.75) is 50.8 Å². The van der Waals surface area contributed by atoms with E-state index in [-0.39, 0.29) is 22.8 Å². The van der Waals surface area contributed by atoms with Crippen LogP contribution in [0, 0.1) is 5.41 Å².